The van der Waals surface area contributed by atoms with Crippen LogP contribution < -0.4 is 10.6 Å². The first kappa shape index (κ1) is 22.9. The smallest absolute Gasteiger partial charge is 0.225 e. The van der Waals surface area contributed by atoms with E-state index in [-0.39, 0.29) is 22.6 Å². The van der Waals surface area contributed by atoms with Crippen molar-refractivity contribution in [2.45, 2.75) is 92.9 Å². The third-order valence-corrected chi connectivity index (χ3v) is 3.99. The van der Waals surface area contributed by atoms with Crippen LogP contribution in [0.5, 0.6) is 0 Å². The molecule has 0 spiro atoms. The molecule has 4 nitrogen and oxygen atoms in total. The molecule has 4 heteroatoms. The molecule has 0 aromatic carbocycles. The van der Waals surface area contributed by atoms with Gasteiger partial charge in [0.15, 0.2) is 0 Å². The fraction of sp³-hybridized carbons (Fsp3) is 0.900. The molecule has 142 valence electrons. The van der Waals surface area contributed by atoms with Crippen LogP contribution in [0.25, 0.3) is 0 Å². The van der Waals surface area contributed by atoms with E-state index in [2.05, 4.69) is 31.4 Å². The Kier molecular flexibility index (Phi) is 11.0. The predicted octanol–water partition coefficient (Wildman–Crippen LogP) is 4.43. The van der Waals surface area contributed by atoms with E-state index >= 15 is 0 Å². The molecule has 0 atom stereocenters. The summed E-state index contributed by atoms with van der Waals surface area (Å²) in [6.07, 6.45) is 8.38. The minimum atomic E-state index is -0.294. The lowest BCUT2D eigenvalue weighted by Gasteiger charge is -2.17. The number of unbranched alkanes of at least 4 members (excludes halogenated alkanes) is 5. The van der Waals surface area contributed by atoms with Crippen LogP contribution in [0.1, 0.15) is 92.9 Å². The van der Waals surface area contributed by atoms with E-state index in [1.54, 1.807) is 0 Å². The fourth-order valence-electron chi connectivity index (χ4n) is 2.23. The molecule has 0 rings (SSSR count). The normalized spacial score (nSPS) is 12.1. The highest BCUT2D eigenvalue weighted by atomic mass is 16.2. The average Bonchev–Trinajstić information content (AvgIpc) is 2.45. The molecule has 0 unspecified atom stereocenters. The number of nitrogens with one attached hydrogen (secondary N) is 2. The molecule has 0 aromatic heterocycles. The largest absolute Gasteiger partial charge is 0.356 e. The summed E-state index contributed by atoms with van der Waals surface area (Å²) in [4.78, 5) is 23.4. The number of carbonyl (C=O) groups is 2. The zero-order chi connectivity index (χ0) is 18.6. The van der Waals surface area contributed by atoms with Crippen molar-refractivity contribution in [2.75, 3.05) is 13.1 Å². The van der Waals surface area contributed by atoms with Crippen LogP contribution in [0.4, 0.5) is 0 Å². The fourth-order valence-corrected chi connectivity index (χ4v) is 2.23. The van der Waals surface area contributed by atoms with Gasteiger partial charge in [-0.1, -0.05) is 67.2 Å². The predicted molar refractivity (Wildman–Crippen MR) is 102 cm³/mol. The minimum absolute atomic E-state index is 0.129. The lowest BCUT2D eigenvalue weighted by Crippen LogP contribution is -2.35. The summed E-state index contributed by atoms with van der Waals surface area (Å²) in [5.41, 5.74) is -0.0684. The second kappa shape index (κ2) is 11.5. The highest BCUT2D eigenvalue weighted by molar-refractivity contribution is 5.81. The molecule has 0 bridgehead atoms. The molecule has 0 saturated carbocycles. The second-order valence-corrected chi connectivity index (χ2v) is 9.04. The Labute approximate surface area is 149 Å². The molecule has 2 N–H and O–H groups in total. The highest BCUT2D eigenvalue weighted by Crippen LogP contribution is 2.20. The number of amides is 2. The van der Waals surface area contributed by atoms with Gasteiger partial charge in [-0.2, -0.15) is 0 Å². The standard InChI is InChI=1S/C20H40N2O2/c1-19(2,3)14-13-17(23)21-15-11-9-7-8-10-12-16-22-18(24)20(4,5)6/h7-16H2,1-6H3,(H,21,23)(H,22,24). The maximum absolute atomic E-state index is 11.7. The first-order chi connectivity index (χ1) is 11.0. The summed E-state index contributed by atoms with van der Waals surface area (Å²) in [5.74, 6) is 0.309. The third kappa shape index (κ3) is 14.5. The topological polar surface area (TPSA) is 58.2 Å². The summed E-state index contributed by atoms with van der Waals surface area (Å²) in [7, 11) is 0. The Morgan fingerprint density at radius 3 is 1.62 bits per heavy atom. The van der Waals surface area contributed by atoms with Gasteiger partial charge < -0.3 is 10.6 Å². The minimum Gasteiger partial charge on any atom is -0.356 e. The van der Waals surface area contributed by atoms with Gasteiger partial charge in [-0.25, -0.2) is 0 Å². The van der Waals surface area contributed by atoms with Crippen molar-refractivity contribution in [1.82, 2.24) is 10.6 Å². The van der Waals surface area contributed by atoms with Crippen molar-refractivity contribution < 1.29 is 9.59 Å². The Hall–Kier alpha value is -1.06. The van der Waals surface area contributed by atoms with E-state index in [9.17, 15) is 9.59 Å². The zero-order valence-electron chi connectivity index (χ0n) is 16.9. The van der Waals surface area contributed by atoms with Crippen LogP contribution in [0.2, 0.25) is 0 Å². The summed E-state index contributed by atoms with van der Waals surface area (Å²) in [6.45, 7) is 13.9. The van der Waals surface area contributed by atoms with Crippen molar-refractivity contribution >= 4 is 11.8 Å². The van der Waals surface area contributed by atoms with Crippen LogP contribution in [0.15, 0.2) is 0 Å². The van der Waals surface area contributed by atoms with Gasteiger partial charge in [0, 0.05) is 24.9 Å². The number of rotatable bonds is 11. The second-order valence-electron chi connectivity index (χ2n) is 9.04. The van der Waals surface area contributed by atoms with E-state index in [1.807, 2.05) is 20.8 Å². The van der Waals surface area contributed by atoms with Crippen molar-refractivity contribution in [3.63, 3.8) is 0 Å². The van der Waals surface area contributed by atoms with Crippen LogP contribution >= 0.6 is 0 Å². The molecule has 0 aliphatic heterocycles. The Morgan fingerprint density at radius 1 is 0.708 bits per heavy atom. The average molecular weight is 341 g/mol. The van der Waals surface area contributed by atoms with Gasteiger partial charge in [-0.15, -0.1) is 0 Å². The Morgan fingerprint density at radius 2 is 1.17 bits per heavy atom. The van der Waals surface area contributed by atoms with E-state index in [0.717, 1.165) is 45.2 Å². The quantitative estimate of drug-likeness (QED) is 0.547. The number of hydrogen-bond donors (Lipinski definition) is 2. The van der Waals surface area contributed by atoms with E-state index < -0.39 is 0 Å². The molecule has 0 radical (unpaired) electrons. The maximum atomic E-state index is 11.7. The van der Waals surface area contributed by atoms with Crippen molar-refractivity contribution in [1.29, 1.82) is 0 Å². The molecule has 0 aliphatic carbocycles. The molecule has 2 amide bonds. The lowest BCUT2D eigenvalue weighted by molar-refractivity contribution is -0.128. The van der Waals surface area contributed by atoms with Crippen LogP contribution in [0, 0.1) is 10.8 Å². The van der Waals surface area contributed by atoms with Crippen molar-refractivity contribution in [2.24, 2.45) is 10.8 Å². The molecule has 0 heterocycles. The van der Waals surface area contributed by atoms with Gasteiger partial charge in [0.2, 0.25) is 11.8 Å². The van der Waals surface area contributed by atoms with Crippen molar-refractivity contribution in [3.05, 3.63) is 0 Å². The molecule has 0 fully saturated rings. The summed E-state index contributed by atoms with van der Waals surface area (Å²) in [6, 6.07) is 0. The highest BCUT2D eigenvalue weighted by Gasteiger charge is 2.20. The van der Waals surface area contributed by atoms with Gasteiger partial charge in [-0.3, -0.25) is 9.59 Å². The molecule has 0 aliphatic rings. The monoisotopic (exact) mass is 340 g/mol. The zero-order valence-corrected chi connectivity index (χ0v) is 16.9. The van der Waals surface area contributed by atoms with Gasteiger partial charge in [-0.05, 0) is 24.7 Å². The lowest BCUT2D eigenvalue weighted by atomic mass is 9.90. The third-order valence-electron chi connectivity index (χ3n) is 3.99. The number of carbonyl (C=O) groups excluding carboxylic acids is 2. The number of hydrogen-bond acceptors (Lipinski definition) is 2. The molecular weight excluding hydrogens is 300 g/mol. The van der Waals surface area contributed by atoms with E-state index in [4.69, 9.17) is 0 Å². The van der Waals surface area contributed by atoms with Crippen LogP contribution in [-0.4, -0.2) is 24.9 Å². The van der Waals surface area contributed by atoms with Crippen LogP contribution in [0.3, 0.4) is 0 Å². The first-order valence-corrected chi connectivity index (χ1v) is 9.57. The Bertz CT molecular complexity index is 365. The Balaban J connectivity index is 3.37. The van der Waals surface area contributed by atoms with E-state index in [0.29, 0.717) is 6.42 Å². The summed E-state index contributed by atoms with van der Waals surface area (Å²) in [5, 5.41) is 5.99. The summed E-state index contributed by atoms with van der Waals surface area (Å²) < 4.78 is 0. The van der Waals surface area contributed by atoms with Crippen molar-refractivity contribution in [3.8, 4) is 0 Å². The molecule has 0 saturated heterocycles. The first-order valence-electron chi connectivity index (χ1n) is 9.57. The molecule has 24 heavy (non-hydrogen) atoms. The van der Waals surface area contributed by atoms with Crippen LogP contribution in [-0.2, 0) is 9.59 Å². The van der Waals surface area contributed by atoms with Gasteiger partial charge in [0.25, 0.3) is 0 Å². The van der Waals surface area contributed by atoms with Gasteiger partial charge >= 0.3 is 0 Å². The van der Waals surface area contributed by atoms with Gasteiger partial charge in [0.1, 0.15) is 0 Å². The van der Waals surface area contributed by atoms with Gasteiger partial charge in [0.05, 0.1) is 0 Å². The molecular formula is C20H40N2O2. The SMILES string of the molecule is CC(C)(C)CCC(=O)NCCCCCCCCNC(=O)C(C)(C)C. The molecule has 0 aromatic rings. The summed E-state index contributed by atoms with van der Waals surface area (Å²) >= 11 is 0. The maximum Gasteiger partial charge on any atom is 0.225 e. The van der Waals surface area contributed by atoms with E-state index in [1.165, 1.54) is 12.8 Å².